The summed E-state index contributed by atoms with van der Waals surface area (Å²) in [4.78, 5) is 29.1. The number of carbonyl (C=O) groups excluding carboxylic acids is 1. The van der Waals surface area contributed by atoms with Crippen LogP contribution in [0, 0.1) is 0 Å². The van der Waals surface area contributed by atoms with Crippen molar-refractivity contribution in [1.82, 2.24) is 15.3 Å². The number of benzene rings is 2. The Morgan fingerprint density at radius 2 is 1.88 bits per heavy atom. The normalized spacial score (nSPS) is 13.4. The van der Waals surface area contributed by atoms with Crippen molar-refractivity contribution in [2.45, 2.75) is 26.0 Å². The smallest absolute Gasteiger partial charge is 0.323 e. The fraction of sp³-hybridized carbons (Fsp3) is 0.222. The SMILES string of the molecule is CC(Oc1cccc(Cl)c1)C(=O)NC(C)c1ccc2[nH]c(=O)[nH]c2c1. The molecule has 0 spiro atoms. The molecule has 2 aromatic carbocycles. The zero-order chi connectivity index (χ0) is 18.0. The number of aromatic amines is 2. The second-order valence-corrected chi connectivity index (χ2v) is 6.27. The Bertz CT molecular complexity index is 963. The summed E-state index contributed by atoms with van der Waals surface area (Å²) >= 11 is 5.91. The fourth-order valence-corrected chi connectivity index (χ4v) is 2.71. The zero-order valence-electron chi connectivity index (χ0n) is 13.8. The van der Waals surface area contributed by atoms with Gasteiger partial charge in [-0.1, -0.05) is 23.7 Å². The molecule has 0 saturated carbocycles. The highest BCUT2D eigenvalue weighted by Crippen LogP contribution is 2.20. The third-order valence-corrected chi connectivity index (χ3v) is 4.11. The van der Waals surface area contributed by atoms with Crippen molar-refractivity contribution >= 4 is 28.5 Å². The number of hydrogen-bond donors (Lipinski definition) is 3. The lowest BCUT2D eigenvalue weighted by molar-refractivity contribution is -0.127. The lowest BCUT2D eigenvalue weighted by Gasteiger charge is -2.19. The number of carbonyl (C=O) groups is 1. The highest BCUT2D eigenvalue weighted by Gasteiger charge is 2.18. The molecule has 2 unspecified atom stereocenters. The molecular weight excluding hydrogens is 342 g/mol. The van der Waals surface area contributed by atoms with E-state index in [-0.39, 0.29) is 17.6 Å². The second-order valence-electron chi connectivity index (χ2n) is 5.83. The van der Waals surface area contributed by atoms with Gasteiger partial charge in [0, 0.05) is 5.02 Å². The van der Waals surface area contributed by atoms with Gasteiger partial charge in [0.1, 0.15) is 5.75 Å². The molecule has 6 nitrogen and oxygen atoms in total. The first-order valence-corrected chi connectivity index (χ1v) is 8.25. The summed E-state index contributed by atoms with van der Waals surface area (Å²) in [5.41, 5.74) is 2.05. The Morgan fingerprint density at radius 1 is 1.12 bits per heavy atom. The van der Waals surface area contributed by atoms with Crippen LogP contribution in [0.4, 0.5) is 0 Å². The van der Waals surface area contributed by atoms with Crippen molar-refractivity contribution in [2.75, 3.05) is 0 Å². The maximum Gasteiger partial charge on any atom is 0.323 e. The van der Waals surface area contributed by atoms with Gasteiger partial charge in [0.2, 0.25) is 0 Å². The third-order valence-electron chi connectivity index (χ3n) is 3.88. The monoisotopic (exact) mass is 359 g/mol. The molecule has 130 valence electrons. The number of rotatable bonds is 5. The number of imidazole rings is 1. The van der Waals surface area contributed by atoms with Gasteiger partial charge in [0.25, 0.3) is 5.91 Å². The summed E-state index contributed by atoms with van der Waals surface area (Å²) in [7, 11) is 0. The van der Waals surface area contributed by atoms with Gasteiger partial charge >= 0.3 is 5.69 Å². The van der Waals surface area contributed by atoms with E-state index >= 15 is 0 Å². The van der Waals surface area contributed by atoms with Crippen LogP contribution >= 0.6 is 11.6 Å². The van der Waals surface area contributed by atoms with Crippen molar-refractivity contribution in [3.63, 3.8) is 0 Å². The molecule has 0 aliphatic rings. The minimum atomic E-state index is -0.670. The van der Waals surface area contributed by atoms with Crippen molar-refractivity contribution in [3.8, 4) is 5.75 Å². The van der Waals surface area contributed by atoms with Crippen LogP contribution in [0.5, 0.6) is 5.75 Å². The maximum atomic E-state index is 12.4. The van der Waals surface area contributed by atoms with Gasteiger partial charge in [-0.2, -0.15) is 0 Å². The van der Waals surface area contributed by atoms with Crippen molar-refractivity contribution in [2.24, 2.45) is 0 Å². The van der Waals surface area contributed by atoms with Crippen LogP contribution < -0.4 is 15.7 Å². The number of aromatic nitrogens is 2. The molecule has 0 aliphatic heterocycles. The van der Waals surface area contributed by atoms with Gasteiger partial charge in [0.15, 0.2) is 6.10 Å². The lowest BCUT2D eigenvalue weighted by atomic mass is 10.1. The number of nitrogens with one attached hydrogen (secondary N) is 3. The molecule has 3 N–H and O–H groups in total. The Labute approximate surface area is 149 Å². The number of amides is 1. The molecule has 7 heteroatoms. The first-order chi connectivity index (χ1) is 11.9. The number of H-pyrrole nitrogens is 2. The number of hydrogen-bond acceptors (Lipinski definition) is 3. The van der Waals surface area contributed by atoms with Crippen molar-refractivity contribution in [1.29, 1.82) is 0 Å². The standard InChI is InChI=1S/C18H18ClN3O3/c1-10(12-6-7-15-16(8-12)22-18(24)21-15)20-17(23)11(2)25-14-5-3-4-13(19)9-14/h3-11H,1-2H3,(H,20,23)(H2,21,22,24). The van der Waals surface area contributed by atoms with E-state index in [1.807, 2.05) is 19.1 Å². The van der Waals surface area contributed by atoms with Crippen LogP contribution in [0.3, 0.4) is 0 Å². The Kier molecular flexibility index (Phi) is 4.81. The molecule has 0 aliphatic carbocycles. The molecule has 2 atom stereocenters. The van der Waals surface area contributed by atoms with Gasteiger partial charge in [-0.25, -0.2) is 4.79 Å². The summed E-state index contributed by atoms with van der Waals surface area (Å²) < 4.78 is 5.62. The van der Waals surface area contributed by atoms with Crippen molar-refractivity contribution in [3.05, 3.63) is 63.5 Å². The molecule has 1 heterocycles. The van der Waals surface area contributed by atoms with Crippen LogP contribution in [-0.4, -0.2) is 22.0 Å². The van der Waals surface area contributed by atoms with E-state index in [1.54, 1.807) is 37.3 Å². The third kappa shape index (κ3) is 4.03. The van der Waals surface area contributed by atoms with Crippen LogP contribution in [0.25, 0.3) is 11.0 Å². The molecule has 0 saturated heterocycles. The van der Waals surface area contributed by atoms with E-state index in [2.05, 4.69) is 15.3 Å². The summed E-state index contributed by atoms with van der Waals surface area (Å²) in [6, 6.07) is 12.2. The molecule has 3 rings (SSSR count). The van der Waals surface area contributed by atoms with Crippen LogP contribution in [0.15, 0.2) is 47.3 Å². The number of ether oxygens (including phenoxy) is 1. The predicted octanol–water partition coefficient (Wildman–Crippen LogP) is 3.15. The van der Waals surface area contributed by atoms with Crippen LogP contribution in [-0.2, 0) is 4.79 Å². The summed E-state index contributed by atoms with van der Waals surface area (Å²) in [6.07, 6.45) is -0.670. The largest absolute Gasteiger partial charge is 0.481 e. The lowest BCUT2D eigenvalue weighted by Crippen LogP contribution is -2.37. The summed E-state index contributed by atoms with van der Waals surface area (Å²) in [6.45, 7) is 3.55. The number of halogens is 1. The van der Waals surface area contributed by atoms with Crippen molar-refractivity contribution < 1.29 is 9.53 Å². The maximum absolute atomic E-state index is 12.4. The zero-order valence-corrected chi connectivity index (χ0v) is 14.6. The van der Waals surface area contributed by atoms with Gasteiger partial charge in [0.05, 0.1) is 17.1 Å². The highest BCUT2D eigenvalue weighted by atomic mass is 35.5. The average molecular weight is 360 g/mol. The summed E-state index contributed by atoms with van der Waals surface area (Å²) in [5.74, 6) is 0.296. The molecule has 0 fully saturated rings. The molecule has 0 radical (unpaired) electrons. The van der Waals surface area contributed by atoms with Gasteiger partial charge in [-0.3, -0.25) is 4.79 Å². The Morgan fingerprint density at radius 3 is 2.64 bits per heavy atom. The molecule has 3 aromatic rings. The first kappa shape index (κ1) is 17.1. The Balaban J connectivity index is 1.67. The van der Waals surface area contributed by atoms with E-state index in [4.69, 9.17) is 16.3 Å². The van der Waals surface area contributed by atoms with E-state index < -0.39 is 6.10 Å². The van der Waals surface area contributed by atoms with Gasteiger partial charge in [-0.15, -0.1) is 0 Å². The Hall–Kier alpha value is -2.73. The first-order valence-electron chi connectivity index (χ1n) is 7.87. The minimum Gasteiger partial charge on any atom is -0.481 e. The predicted molar refractivity (Wildman–Crippen MR) is 97.0 cm³/mol. The van der Waals surface area contributed by atoms with E-state index in [1.165, 1.54) is 0 Å². The van der Waals surface area contributed by atoms with E-state index in [0.717, 1.165) is 11.1 Å². The van der Waals surface area contributed by atoms with Gasteiger partial charge in [-0.05, 0) is 49.7 Å². The molecule has 1 aromatic heterocycles. The van der Waals surface area contributed by atoms with Crippen LogP contribution in [0.1, 0.15) is 25.5 Å². The minimum absolute atomic E-state index is 0.235. The average Bonchev–Trinajstić information content (AvgIpc) is 2.93. The molecule has 1 amide bonds. The second kappa shape index (κ2) is 7.03. The van der Waals surface area contributed by atoms with Crippen LogP contribution in [0.2, 0.25) is 5.02 Å². The molecule has 25 heavy (non-hydrogen) atoms. The fourth-order valence-electron chi connectivity index (χ4n) is 2.53. The highest BCUT2D eigenvalue weighted by molar-refractivity contribution is 6.30. The molecular formula is C18H18ClN3O3. The van der Waals surface area contributed by atoms with Gasteiger partial charge < -0.3 is 20.0 Å². The summed E-state index contributed by atoms with van der Waals surface area (Å²) in [5, 5.41) is 3.45. The quantitative estimate of drug-likeness (QED) is 0.654. The van der Waals surface area contributed by atoms with E-state index in [9.17, 15) is 9.59 Å². The topological polar surface area (TPSA) is 87.0 Å². The van der Waals surface area contributed by atoms with E-state index in [0.29, 0.717) is 16.3 Å². The number of fused-ring (bicyclic) bond motifs is 1. The molecule has 0 bridgehead atoms.